The molecule has 0 heterocycles. The van der Waals surface area contributed by atoms with Crippen molar-refractivity contribution in [2.75, 3.05) is 0 Å². The van der Waals surface area contributed by atoms with Gasteiger partial charge in [0, 0.05) is 18.2 Å². The van der Waals surface area contributed by atoms with Crippen molar-refractivity contribution in [3.8, 4) is 0 Å². The highest BCUT2D eigenvalue weighted by atomic mass is 35.5. The Morgan fingerprint density at radius 1 is 1.37 bits per heavy atom. The number of hydrogen-bond donors (Lipinski definition) is 2. The van der Waals surface area contributed by atoms with Crippen LogP contribution in [0.25, 0.3) is 0 Å². The lowest BCUT2D eigenvalue weighted by molar-refractivity contribution is -0.142. The molecular weight excluding hydrogens is 269 g/mol. The highest BCUT2D eigenvalue weighted by molar-refractivity contribution is 6.30. The lowest BCUT2D eigenvalue weighted by atomic mass is 9.86. The van der Waals surface area contributed by atoms with E-state index in [0.717, 1.165) is 12.8 Å². The number of carboxylic acid groups (broad SMARTS) is 1. The van der Waals surface area contributed by atoms with Crippen LogP contribution in [0.1, 0.15) is 31.2 Å². The Kier molecular flexibility index (Phi) is 4.77. The summed E-state index contributed by atoms with van der Waals surface area (Å²) in [7, 11) is 0. The summed E-state index contributed by atoms with van der Waals surface area (Å²) in [6.45, 7) is 0.425. The Labute approximate surface area is 116 Å². The van der Waals surface area contributed by atoms with E-state index in [2.05, 4.69) is 5.32 Å². The van der Waals surface area contributed by atoms with Crippen molar-refractivity contribution in [2.45, 2.75) is 38.3 Å². The minimum Gasteiger partial charge on any atom is -0.481 e. The van der Waals surface area contributed by atoms with Crippen LogP contribution in [0.4, 0.5) is 4.39 Å². The van der Waals surface area contributed by atoms with Gasteiger partial charge in [-0.25, -0.2) is 4.39 Å². The minimum atomic E-state index is -0.709. The summed E-state index contributed by atoms with van der Waals surface area (Å²) in [5.74, 6) is -1.31. The number of carboxylic acids is 1. The standard InChI is InChI=1S/C14H17ClFNO2/c15-12-3-1-2-10(13(12)16)8-17-11-6-4-9(5-7-11)14(18)19/h1-3,9,11,17H,4-8H2,(H,18,19). The van der Waals surface area contributed by atoms with Gasteiger partial charge in [-0.2, -0.15) is 0 Å². The van der Waals surface area contributed by atoms with Gasteiger partial charge in [-0.3, -0.25) is 4.79 Å². The molecule has 2 N–H and O–H groups in total. The summed E-state index contributed by atoms with van der Waals surface area (Å²) < 4.78 is 13.7. The van der Waals surface area contributed by atoms with E-state index in [1.807, 2.05) is 0 Å². The third kappa shape index (κ3) is 3.67. The van der Waals surface area contributed by atoms with Crippen LogP contribution in [0.3, 0.4) is 0 Å². The van der Waals surface area contributed by atoms with Gasteiger partial charge in [0.05, 0.1) is 10.9 Å². The van der Waals surface area contributed by atoms with Gasteiger partial charge in [0.1, 0.15) is 5.82 Å². The van der Waals surface area contributed by atoms with Gasteiger partial charge in [0.2, 0.25) is 0 Å². The zero-order chi connectivity index (χ0) is 13.8. The van der Waals surface area contributed by atoms with E-state index < -0.39 is 5.97 Å². The number of benzene rings is 1. The molecule has 0 atom stereocenters. The molecule has 5 heteroatoms. The van der Waals surface area contributed by atoms with Crippen LogP contribution in [0.5, 0.6) is 0 Å². The molecule has 1 fully saturated rings. The van der Waals surface area contributed by atoms with Crippen molar-refractivity contribution >= 4 is 17.6 Å². The highest BCUT2D eigenvalue weighted by Crippen LogP contribution is 2.25. The summed E-state index contributed by atoms with van der Waals surface area (Å²) in [5.41, 5.74) is 0.549. The highest BCUT2D eigenvalue weighted by Gasteiger charge is 2.25. The number of carbonyl (C=O) groups is 1. The van der Waals surface area contributed by atoms with Gasteiger partial charge in [0.25, 0.3) is 0 Å². The van der Waals surface area contributed by atoms with Crippen LogP contribution in [0, 0.1) is 11.7 Å². The average molecular weight is 286 g/mol. The van der Waals surface area contributed by atoms with Gasteiger partial charge < -0.3 is 10.4 Å². The van der Waals surface area contributed by atoms with E-state index in [-0.39, 0.29) is 22.8 Å². The van der Waals surface area contributed by atoms with Crippen molar-refractivity contribution < 1.29 is 14.3 Å². The van der Waals surface area contributed by atoms with Gasteiger partial charge in [0.15, 0.2) is 0 Å². The first-order valence-electron chi connectivity index (χ1n) is 6.47. The Balaban J connectivity index is 1.84. The van der Waals surface area contributed by atoms with Crippen LogP contribution < -0.4 is 5.32 Å². The number of aliphatic carboxylic acids is 1. The van der Waals surface area contributed by atoms with E-state index >= 15 is 0 Å². The van der Waals surface area contributed by atoms with Crippen molar-refractivity contribution in [1.82, 2.24) is 5.32 Å². The molecule has 1 aromatic rings. The molecule has 0 unspecified atom stereocenters. The van der Waals surface area contributed by atoms with Crippen molar-refractivity contribution in [2.24, 2.45) is 5.92 Å². The van der Waals surface area contributed by atoms with Crippen LogP contribution in [0.2, 0.25) is 5.02 Å². The maximum atomic E-state index is 13.7. The zero-order valence-electron chi connectivity index (χ0n) is 10.5. The molecule has 0 spiro atoms. The number of hydrogen-bond acceptors (Lipinski definition) is 2. The van der Waals surface area contributed by atoms with Gasteiger partial charge >= 0.3 is 5.97 Å². The van der Waals surface area contributed by atoms with E-state index in [1.54, 1.807) is 12.1 Å². The largest absolute Gasteiger partial charge is 0.481 e. The second-order valence-electron chi connectivity index (χ2n) is 4.98. The second-order valence-corrected chi connectivity index (χ2v) is 5.39. The molecule has 0 radical (unpaired) electrons. The molecule has 2 rings (SSSR count). The second kappa shape index (κ2) is 6.35. The number of nitrogens with one attached hydrogen (secondary N) is 1. The SMILES string of the molecule is O=C(O)C1CCC(NCc2cccc(Cl)c2F)CC1. The first kappa shape index (κ1) is 14.3. The Bertz CT molecular complexity index is 459. The van der Waals surface area contributed by atoms with E-state index in [0.29, 0.717) is 24.9 Å². The maximum absolute atomic E-state index is 13.7. The molecule has 1 aliphatic carbocycles. The minimum absolute atomic E-state index is 0.133. The van der Waals surface area contributed by atoms with E-state index in [4.69, 9.17) is 16.7 Å². The van der Waals surface area contributed by atoms with Crippen molar-refractivity contribution in [3.63, 3.8) is 0 Å². The summed E-state index contributed by atoms with van der Waals surface area (Å²) in [4.78, 5) is 10.8. The maximum Gasteiger partial charge on any atom is 0.306 e. The molecule has 0 saturated heterocycles. The lowest BCUT2D eigenvalue weighted by Crippen LogP contribution is -2.34. The van der Waals surface area contributed by atoms with Gasteiger partial charge in [-0.05, 0) is 31.7 Å². The van der Waals surface area contributed by atoms with Crippen LogP contribution in [-0.4, -0.2) is 17.1 Å². The molecule has 1 aliphatic rings. The normalized spacial score (nSPS) is 23.3. The van der Waals surface area contributed by atoms with Crippen molar-refractivity contribution in [3.05, 3.63) is 34.6 Å². The summed E-state index contributed by atoms with van der Waals surface area (Å²) in [6.07, 6.45) is 3.01. The molecule has 104 valence electrons. The van der Waals surface area contributed by atoms with Crippen LogP contribution >= 0.6 is 11.6 Å². The number of rotatable bonds is 4. The Morgan fingerprint density at radius 2 is 2.05 bits per heavy atom. The lowest BCUT2D eigenvalue weighted by Gasteiger charge is -2.27. The molecule has 0 aliphatic heterocycles. The van der Waals surface area contributed by atoms with E-state index in [1.165, 1.54) is 6.07 Å². The smallest absolute Gasteiger partial charge is 0.306 e. The average Bonchev–Trinajstić information content (AvgIpc) is 2.41. The Morgan fingerprint density at radius 3 is 2.68 bits per heavy atom. The molecule has 1 aromatic carbocycles. The first-order chi connectivity index (χ1) is 9.08. The first-order valence-corrected chi connectivity index (χ1v) is 6.85. The number of halogens is 2. The van der Waals surface area contributed by atoms with Crippen LogP contribution in [0.15, 0.2) is 18.2 Å². The molecule has 0 amide bonds. The zero-order valence-corrected chi connectivity index (χ0v) is 11.3. The molecular formula is C14H17ClFNO2. The fourth-order valence-corrected chi connectivity index (χ4v) is 2.68. The van der Waals surface area contributed by atoms with Crippen LogP contribution in [-0.2, 0) is 11.3 Å². The molecule has 0 aromatic heterocycles. The summed E-state index contributed by atoms with van der Waals surface area (Å²) in [5, 5.41) is 12.3. The quantitative estimate of drug-likeness (QED) is 0.893. The summed E-state index contributed by atoms with van der Waals surface area (Å²) >= 11 is 5.72. The molecule has 0 bridgehead atoms. The molecule has 3 nitrogen and oxygen atoms in total. The third-order valence-electron chi connectivity index (χ3n) is 3.69. The van der Waals surface area contributed by atoms with Gasteiger partial charge in [-0.15, -0.1) is 0 Å². The summed E-state index contributed by atoms with van der Waals surface area (Å²) in [6, 6.07) is 5.22. The topological polar surface area (TPSA) is 49.3 Å². The third-order valence-corrected chi connectivity index (χ3v) is 3.98. The molecule has 1 saturated carbocycles. The predicted molar refractivity (Wildman–Crippen MR) is 71.6 cm³/mol. The fraction of sp³-hybridized carbons (Fsp3) is 0.500. The Hall–Kier alpha value is -1.13. The van der Waals surface area contributed by atoms with Gasteiger partial charge in [-0.1, -0.05) is 23.7 Å². The molecule has 19 heavy (non-hydrogen) atoms. The van der Waals surface area contributed by atoms with Crippen molar-refractivity contribution in [1.29, 1.82) is 0 Å². The monoisotopic (exact) mass is 285 g/mol. The fourth-order valence-electron chi connectivity index (χ4n) is 2.48. The van der Waals surface area contributed by atoms with E-state index in [9.17, 15) is 9.18 Å². The predicted octanol–water partition coefficient (Wildman–Crippen LogP) is 3.21.